The average Bonchev–Trinajstić information content (AvgIpc) is 2.06. The molecular formula is C8H10BrO4P. The maximum Gasteiger partial charge on any atom is 0.469 e. The molecule has 4 nitrogen and oxygen atoms in total. The lowest BCUT2D eigenvalue weighted by molar-refractivity contribution is 0.199. The zero-order valence-corrected chi connectivity index (χ0v) is 9.74. The molecule has 0 aliphatic heterocycles. The van der Waals surface area contributed by atoms with E-state index in [1.54, 1.807) is 0 Å². The summed E-state index contributed by atoms with van der Waals surface area (Å²) < 4.78 is 15.6. The van der Waals surface area contributed by atoms with Gasteiger partial charge in [0.1, 0.15) is 0 Å². The Bertz CT molecular complexity index is 349. The van der Waals surface area contributed by atoms with E-state index in [0.717, 1.165) is 10.0 Å². The van der Waals surface area contributed by atoms with Gasteiger partial charge < -0.3 is 9.79 Å². The molecule has 0 aliphatic rings. The van der Waals surface area contributed by atoms with E-state index in [1.165, 1.54) is 0 Å². The van der Waals surface area contributed by atoms with E-state index in [4.69, 9.17) is 9.79 Å². The van der Waals surface area contributed by atoms with Crippen molar-refractivity contribution < 1.29 is 18.9 Å². The molecule has 0 radical (unpaired) electrons. The summed E-state index contributed by atoms with van der Waals surface area (Å²) in [4.78, 5) is 16.9. The maximum absolute atomic E-state index is 10.4. The Hall–Kier alpha value is -0.190. The fraction of sp³-hybridized carbons (Fsp3) is 0.250. The molecule has 0 amide bonds. The summed E-state index contributed by atoms with van der Waals surface area (Å²) in [6.07, 6.45) is 0.465. The Morgan fingerprint density at radius 3 is 2.57 bits per heavy atom. The smallest absolute Gasteiger partial charge is 0.303 e. The second kappa shape index (κ2) is 5.05. The largest absolute Gasteiger partial charge is 0.469 e. The molecule has 1 aromatic carbocycles. The fourth-order valence-corrected chi connectivity index (χ4v) is 1.79. The van der Waals surface area contributed by atoms with Crippen LogP contribution < -0.4 is 0 Å². The third kappa shape index (κ3) is 4.35. The first kappa shape index (κ1) is 11.9. The normalized spacial score (nSPS) is 11.6. The van der Waals surface area contributed by atoms with Crippen LogP contribution in [0.3, 0.4) is 0 Å². The zero-order valence-electron chi connectivity index (χ0n) is 7.26. The van der Waals surface area contributed by atoms with Crippen molar-refractivity contribution in [3.63, 3.8) is 0 Å². The van der Waals surface area contributed by atoms with Crippen molar-refractivity contribution in [2.24, 2.45) is 0 Å². The number of hydrogen-bond donors (Lipinski definition) is 2. The van der Waals surface area contributed by atoms with E-state index >= 15 is 0 Å². The highest BCUT2D eigenvalue weighted by Crippen LogP contribution is 2.35. The number of benzene rings is 1. The topological polar surface area (TPSA) is 66.8 Å². The lowest BCUT2D eigenvalue weighted by Gasteiger charge is -2.06. The molecule has 14 heavy (non-hydrogen) atoms. The second-order valence-corrected chi connectivity index (χ2v) is 4.76. The van der Waals surface area contributed by atoms with Crippen LogP contribution in [0.4, 0.5) is 0 Å². The lowest BCUT2D eigenvalue weighted by atomic mass is 10.2. The van der Waals surface area contributed by atoms with Gasteiger partial charge in [0.25, 0.3) is 0 Å². The van der Waals surface area contributed by atoms with Crippen LogP contribution in [-0.4, -0.2) is 16.4 Å². The van der Waals surface area contributed by atoms with Crippen LogP contribution in [0.5, 0.6) is 0 Å². The first-order chi connectivity index (χ1) is 6.49. The zero-order chi connectivity index (χ0) is 10.6. The molecule has 1 aromatic rings. The molecule has 0 saturated carbocycles. The van der Waals surface area contributed by atoms with Crippen LogP contribution in [0, 0.1) is 0 Å². The molecule has 2 N–H and O–H groups in total. The van der Waals surface area contributed by atoms with Gasteiger partial charge >= 0.3 is 7.82 Å². The molecule has 0 aliphatic carbocycles. The molecule has 6 heteroatoms. The van der Waals surface area contributed by atoms with Gasteiger partial charge in [0, 0.05) is 4.47 Å². The van der Waals surface area contributed by atoms with Gasteiger partial charge in [0.15, 0.2) is 0 Å². The first-order valence-electron chi connectivity index (χ1n) is 3.92. The van der Waals surface area contributed by atoms with Crippen LogP contribution in [0.1, 0.15) is 5.56 Å². The average molecular weight is 281 g/mol. The van der Waals surface area contributed by atoms with Gasteiger partial charge in [-0.05, 0) is 18.1 Å². The van der Waals surface area contributed by atoms with Gasteiger partial charge in [-0.2, -0.15) is 0 Å². The highest BCUT2D eigenvalue weighted by molar-refractivity contribution is 9.10. The maximum atomic E-state index is 10.4. The molecule has 0 spiro atoms. The monoisotopic (exact) mass is 280 g/mol. The second-order valence-electron chi connectivity index (χ2n) is 2.67. The van der Waals surface area contributed by atoms with Crippen molar-refractivity contribution in [3.8, 4) is 0 Å². The van der Waals surface area contributed by atoms with Crippen LogP contribution in [-0.2, 0) is 15.5 Å². The summed E-state index contributed by atoms with van der Waals surface area (Å²) in [7, 11) is -4.33. The molecule has 0 heterocycles. The quantitative estimate of drug-likeness (QED) is 0.829. The third-order valence-electron chi connectivity index (χ3n) is 1.59. The predicted molar refractivity (Wildman–Crippen MR) is 55.8 cm³/mol. The molecule has 0 bridgehead atoms. The SMILES string of the molecule is O=P(O)(O)OCCc1ccccc1Br. The van der Waals surface area contributed by atoms with Crippen molar-refractivity contribution in [1.82, 2.24) is 0 Å². The number of hydrogen-bond acceptors (Lipinski definition) is 2. The predicted octanol–water partition coefficient (Wildman–Crippen LogP) is 2.10. The molecule has 1 rings (SSSR count). The lowest BCUT2D eigenvalue weighted by Crippen LogP contribution is -1.97. The van der Waals surface area contributed by atoms with Crippen LogP contribution in [0.25, 0.3) is 0 Å². The molecule has 0 unspecified atom stereocenters. The van der Waals surface area contributed by atoms with Gasteiger partial charge in [0.05, 0.1) is 6.61 Å². The summed E-state index contributed by atoms with van der Waals surface area (Å²) >= 11 is 3.33. The summed E-state index contributed by atoms with van der Waals surface area (Å²) in [6, 6.07) is 7.47. The van der Waals surface area contributed by atoms with E-state index in [2.05, 4.69) is 20.5 Å². The number of rotatable bonds is 4. The Labute approximate surface area is 90.3 Å². The third-order valence-corrected chi connectivity index (χ3v) is 2.88. The molecule has 0 saturated heterocycles. The molecule has 0 fully saturated rings. The van der Waals surface area contributed by atoms with Crippen molar-refractivity contribution in [2.45, 2.75) is 6.42 Å². The molecule has 78 valence electrons. The van der Waals surface area contributed by atoms with Crippen molar-refractivity contribution in [3.05, 3.63) is 34.3 Å². The highest BCUT2D eigenvalue weighted by atomic mass is 79.9. The van der Waals surface area contributed by atoms with Gasteiger partial charge in [0.2, 0.25) is 0 Å². The van der Waals surface area contributed by atoms with Gasteiger partial charge in [-0.1, -0.05) is 34.1 Å². The van der Waals surface area contributed by atoms with Crippen molar-refractivity contribution >= 4 is 23.8 Å². The van der Waals surface area contributed by atoms with Crippen LogP contribution in [0.15, 0.2) is 28.7 Å². The Morgan fingerprint density at radius 1 is 1.36 bits per heavy atom. The van der Waals surface area contributed by atoms with Crippen molar-refractivity contribution in [1.29, 1.82) is 0 Å². The van der Waals surface area contributed by atoms with Gasteiger partial charge in [-0.25, -0.2) is 4.57 Å². The van der Waals surface area contributed by atoms with E-state index < -0.39 is 7.82 Å². The summed E-state index contributed by atoms with van der Waals surface area (Å²) in [5, 5.41) is 0. The summed E-state index contributed by atoms with van der Waals surface area (Å²) in [5.41, 5.74) is 0.959. The highest BCUT2D eigenvalue weighted by Gasteiger charge is 2.13. The fourth-order valence-electron chi connectivity index (χ4n) is 0.976. The number of halogens is 1. The Kier molecular flexibility index (Phi) is 4.29. The van der Waals surface area contributed by atoms with Gasteiger partial charge in [-0.15, -0.1) is 0 Å². The minimum absolute atomic E-state index is 0.00684. The minimum Gasteiger partial charge on any atom is -0.303 e. The molecule has 0 atom stereocenters. The van der Waals surface area contributed by atoms with E-state index in [1.807, 2.05) is 24.3 Å². The molecule has 0 aromatic heterocycles. The van der Waals surface area contributed by atoms with Crippen molar-refractivity contribution in [2.75, 3.05) is 6.61 Å². The Morgan fingerprint density at radius 2 is 2.00 bits per heavy atom. The van der Waals surface area contributed by atoms with E-state index in [0.29, 0.717) is 6.42 Å². The first-order valence-corrected chi connectivity index (χ1v) is 6.25. The summed E-state index contributed by atoms with van der Waals surface area (Å²) in [5.74, 6) is 0. The van der Waals surface area contributed by atoms with Crippen LogP contribution in [0.2, 0.25) is 0 Å². The Balaban J connectivity index is 2.47. The van der Waals surface area contributed by atoms with E-state index in [9.17, 15) is 4.57 Å². The summed E-state index contributed by atoms with van der Waals surface area (Å²) in [6.45, 7) is 0.00684. The minimum atomic E-state index is -4.33. The molecular weight excluding hydrogens is 271 g/mol. The number of phosphoric ester groups is 1. The van der Waals surface area contributed by atoms with E-state index in [-0.39, 0.29) is 6.61 Å². The number of phosphoric acid groups is 1. The standard InChI is InChI=1S/C8H10BrO4P/c9-8-4-2-1-3-7(8)5-6-13-14(10,11)12/h1-4H,5-6H2,(H2,10,11,12). The van der Waals surface area contributed by atoms with Gasteiger partial charge in [-0.3, -0.25) is 4.52 Å². The van der Waals surface area contributed by atoms with Crippen LogP contribution >= 0.6 is 23.8 Å².